The van der Waals surface area contributed by atoms with Crippen molar-refractivity contribution < 1.29 is 9.47 Å². The van der Waals surface area contributed by atoms with Gasteiger partial charge >= 0.3 is 0 Å². The number of halogens is 1. The van der Waals surface area contributed by atoms with Crippen LogP contribution in [0, 0.1) is 12.8 Å². The van der Waals surface area contributed by atoms with E-state index >= 15 is 0 Å². The molecule has 1 atom stereocenters. The van der Waals surface area contributed by atoms with Gasteiger partial charge in [0.1, 0.15) is 0 Å². The summed E-state index contributed by atoms with van der Waals surface area (Å²) in [6, 6.07) is 4.04. The largest absolute Gasteiger partial charge is 0.382 e. The second-order valence-electron chi connectivity index (χ2n) is 6.11. The van der Waals surface area contributed by atoms with Crippen LogP contribution >= 0.6 is 24.0 Å². The van der Waals surface area contributed by atoms with E-state index in [0.717, 1.165) is 44.3 Å². The van der Waals surface area contributed by atoms with Gasteiger partial charge in [-0.1, -0.05) is 6.07 Å². The fraction of sp³-hybridized carbons (Fsp3) is 0.667. The SMILES string of the molecule is CCNC(=NCc1ncccc1C)N1CCC(COCCOC)C1.I. The lowest BCUT2D eigenvalue weighted by Gasteiger charge is -2.21. The second-order valence-corrected chi connectivity index (χ2v) is 6.11. The molecule has 6 nitrogen and oxygen atoms in total. The van der Waals surface area contributed by atoms with Crippen LogP contribution in [0.15, 0.2) is 23.3 Å². The standard InChI is InChI=1S/C18H30N4O2.HI/c1-4-19-18(21-12-17-15(2)6-5-8-20-17)22-9-7-16(13-22)14-24-11-10-23-3;/h5-6,8,16H,4,7,9-14H2,1-3H3,(H,19,21);1H. The zero-order valence-corrected chi connectivity index (χ0v) is 17.9. The normalized spacial score (nSPS) is 17.5. The van der Waals surface area contributed by atoms with Gasteiger partial charge < -0.3 is 19.7 Å². The summed E-state index contributed by atoms with van der Waals surface area (Å²) in [5, 5.41) is 3.40. The molecule has 7 heteroatoms. The van der Waals surface area contributed by atoms with Crippen molar-refractivity contribution >= 4 is 29.9 Å². The van der Waals surface area contributed by atoms with Crippen LogP contribution in [-0.2, 0) is 16.0 Å². The highest BCUT2D eigenvalue weighted by Gasteiger charge is 2.25. The van der Waals surface area contributed by atoms with Crippen LogP contribution in [-0.4, -0.2) is 62.4 Å². The van der Waals surface area contributed by atoms with Crippen molar-refractivity contribution in [2.75, 3.05) is 46.6 Å². The van der Waals surface area contributed by atoms with E-state index in [1.165, 1.54) is 5.56 Å². The molecule has 1 aliphatic rings. The highest BCUT2D eigenvalue weighted by atomic mass is 127. The zero-order chi connectivity index (χ0) is 17.2. The molecule has 1 saturated heterocycles. The van der Waals surface area contributed by atoms with Crippen molar-refractivity contribution in [2.24, 2.45) is 10.9 Å². The summed E-state index contributed by atoms with van der Waals surface area (Å²) in [6.45, 7) is 9.77. The number of hydrogen-bond acceptors (Lipinski definition) is 4. The van der Waals surface area contributed by atoms with E-state index in [4.69, 9.17) is 14.5 Å². The van der Waals surface area contributed by atoms with E-state index < -0.39 is 0 Å². The Hall–Kier alpha value is -0.930. The van der Waals surface area contributed by atoms with Gasteiger partial charge in [0.15, 0.2) is 5.96 Å². The van der Waals surface area contributed by atoms with E-state index in [2.05, 4.69) is 35.1 Å². The maximum atomic E-state index is 5.67. The van der Waals surface area contributed by atoms with Gasteiger partial charge in [0.05, 0.1) is 32.1 Å². The molecule has 0 aromatic carbocycles. The number of pyridine rings is 1. The molecule has 1 aromatic heterocycles. The number of aromatic nitrogens is 1. The monoisotopic (exact) mass is 462 g/mol. The fourth-order valence-corrected chi connectivity index (χ4v) is 2.81. The van der Waals surface area contributed by atoms with E-state index in [1.807, 2.05) is 12.3 Å². The molecule has 0 saturated carbocycles. The number of guanidine groups is 1. The Morgan fingerprint density at radius 1 is 1.44 bits per heavy atom. The van der Waals surface area contributed by atoms with Crippen molar-refractivity contribution in [3.05, 3.63) is 29.6 Å². The lowest BCUT2D eigenvalue weighted by molar-refractivity contribution is 0.0536. The molecule has 0 spiro atoms. The van der Waals surface area contributed by atoms with Gasteiger partial charge in [0.2, 0.25) is 0 Å². The molecule has 1 aliphatic heterocycles. The molecule has 2 rings (SSSR count). The van der Waals surface area contributed by atoms with Crippen molar-refractivity contribution in [1.82, 2.24) is 15.2 Å². The molecule has 1 fully saturated rings. The van der Waals surface area contributed by atoms with Crippen LogP contribution < -0.4 is 5.32 Å². The molecule has 1 N–H and O–H groups in total. The van der Waals surface area contributed by atoms with Crippen LogP contribution in [0.3, 0.4) is 0 Å². The van der Waals surface area contributed by atoms with Crippen LogP contribution in [0.2, 0.25) is 0 Å². The molecule has 0 radical (unpaired) electrons. The van der Waals surface area contributed by atoms with Gasteiger partial charge in [-0.2, -0.15) is 0 Å². The number of aryl methyl sites for hydroxylation is 1. The van der Waals surface area contributed by atoms with Gasteiger partial charge in [0.25, 0.3) is 0 Å². The van der Waals surface area contributed by atoms with Crippen LogP contribution in [0.5, 0.6) is 0 Å². The summed E-state index contributed by atoms with van der Waals surface area (Å²) in [7, 11) is 1.70. The predicted octanol–water partition coefficient (Wildman–Crippen LogP) is 2.46. The average molecular weight is 462 g/mol. The summed E-state index contributed by atoms with van der Waals surface area (Å²) in [4.78, 5) is 11.5. The van der Waals surface area contributed by atoms with Gasteiger partial charge in [-0.3, -0.25) is 4.98 Å². The maximum Gasteiger partial charge on any atom is 0.194 e. The number of nitrogens with one attached hydrogen (secondary N) is 1. The first-order valence-electron chi connectivity index (χ1n) is 8.75. The zero-order valence-electron chi connectivity index (χ0n) is 15.5. The maximum absolute atomic E-state index is 5.67. The molecule has 25 heavy (non-hydrogen) atoms. The Morgan fingerprint density at radius 2 is 2.28 bits per heavy atom. The number of likely N-dealkylation sites (tertiary alicyclic amines) is 1. The third-order valence-electron chi connectivity index (χ3n) is 4.20. The molecular formula is C18H31IN4O2. The predicted molar refractivity (Wildman–Crippen MR) is 112 cm³/mol. The smallest absolute Gasteiger partial charge is 0.194 e. The number of methoxy groups -OCH3 is 1. The second kappa shape index (κ2) is 12.4. The summed E-state index contributed by atoms with van der Waals surface area (Å²) in [6.07, 6.45) is 2.97. The summed E-state index contributed by atoms with van der Waals surface area (Å²) in [5.41, 5.74) is 2.22. The van der Waals surface area contributed by atoms with Crippen LogP contribution in [0.1, 0.15) is 24.6 Å². The number of ether oxygens (including phenoxy) is 2. The van der Waals surface area contributed by atoms with Crippen molar-refractivity contribution in [1.29, 1.82) is 0 Å². The van der Waals surface area contributed by atoms with Gasteiger partial charge in [-0.05, 0) is 31.9 Å². The summed E-state index contributed by atoms with van der Waals surface area (Å²) >= 11 is 0. The summed E-state index contributed by atoms with van der Waals surface area (Å²) < 4.78 is 10.7. The quantitative estimate of drug-likeness (QED) is 0.279. The molecule has 0 aliphatic carbocycles. The number of rotatable bonds is 8. The van der Waals surface area contributed by atoms with E-state index in [9.17, 15) is 0 Å². The van der Waals surface area contributed by atoms with Crippen LogP contribution in [0.4, 0.5) is 0 Å². The van der Waals surface area contributed by atoms with Crippen molar-refractivity contribution in [3.8, 4) is 0 Å². The van der Waals surface area contributed by atoms with E-state index in [0.29, 0.717) is 25.7 Å². The Bertz CT molecular complexity index is 528. The Labute approximate surface area is 168 Å². The first-order valence-corrected chi connectivity index (χ1v) is 8.75. The minimum atomic E-state index is 0. The van der Waals surface area contributed by atoms with E-state index in [-0.39, 0.29) is 24.0 Å². The minimum absolute atomic E-state index is 0. The molecule has 0 amide bonds. The molecule has 1 unspecified atom stereocenters. The fourth-order valence-electron chi connectivity index (χ4n) is 2.81. The number of nitrogens with zero attached hydrogens (tertiary/aromatic N) is 3. The molecule has 1 aromatic rings. The number of hydrogen-bond donors (Lipinski definition) is 1. The molecule has 142 valence electrons. The third-order valence-corrected chi connectivity index (χ3v) is 4.20. The molecule has 0 bridgehead atoms. The highest BCUT2D eigenvalue weighted by Crippen LogP contribution is 2.17. The van der Waals surface area contributed by atoms with Crippen LogP contribution in [0.25, 0.3) is 0 Å². The van der Waals surface area contributed by atoms with Crippen molar-refractivity contribution in [3.63, 3.8) is 0 Å². The topological polar surface area (TPSA) is 59.0 Å². The Balaban J connectivity index is 0.00000312. The van der Waals surface area contributed by atoms with Gasteiger partial charge in [-0.25, -0.2) is 4.99 Å². The Morgan fingerprint density at radius 3 is 3.00 bits per heavy atom. The third kappa shape index (κ3) is 7.45. The first kappa shape index (κ1) is 22.1. The Kier molecular flexibility index (Phi) is 11.0. The van der Waals surface area contributed by atoms with Gasteiger partial charge in [0, 0.05) is 38.9 Å². The van der Waals surface area contributed by atoms with Gasteiger partial charge in [-0.15, -0.1) is 24.0 Å². The molecule has 2 heterocycles. The van der Waals surface area contributed by atoms with Crippen molar-refractivity contribution in [2.45, 2.75) is 26.8 Å². The first-order chi connectivity index (χ1) is 11.7. The lowest BCUT2D eigenvalue weighted by Crippen LogP contribution is -2.40. The molecular weight excluding hydrogens is 431 g/mol. The minimum Gasteiger partial charge on any atom is -0.382 e. The average Bonchev–Trinajstić information content (AvgIpc) is 3.05. The summed E-state index contributed by atoms with van der Waals surface area (Å²) in [5.74, 6) is 1.53. The van der Waals surface area contributed by atoms with E-state index in [1.54, 1.807) is 7.11 Å². The number of aliphatic imine (C=N–C) groups is 1. The lowest BCUT2D eigenvalue weighted by atomic mass is 10.1. The highest BCUT2D eigenvalue weighted by molar-refractivity contribution is 14.0.